The van der Waals surface area contributed by atoms with Crippen molar-refractivity contribution in [1.29, 1.82) is 0 Å². The van der Waals surface area contributed by atoms with Gasteiger partial charge in [-0.15, -0.1) is 13.2 Å². The molecule has 0 unspecified atom stereocenters. The van der Waals surface area contributed by atoms with Gasteiger partial charge in [0.05, 0.1) is 6.54 Å². The van der Waals surface area contributed by atoms with Gasteiger partial charge in [0.1, 0.15) is 12.1 Å². The first-order valence-electron chi connectivity index (χ1n) is 11.1. The van der Waals surface area contributed by atoms with Crippen molar-refractivity contribution in [2.45, 2.75) is 20.4 Å². The molecule has 0 N–H and O–H groups in total. The maximum absolute atomic E-state index is 13.1. The number of likely N-dealkylation sites (N-methyl/N-ethyl adjacent to an activating group) is 1. The average molecular weight is 466 g/mol. The number of carbonyl (C=O) groups excluding carboxylic acids is 2. The van der Waals surface area contributed by atoms with E-state index in [2.05, 4.69) is 24.6 Å². The maximum atomic E-state index is 13.1. The number of allylic oxidation sites excluding steroid dienone is 1. The molecule has 182 valence electrons. The van der Waals surface area contributed by atoms with E-state index in [4.69, 9.17) is 0 Å². The summed E-state index contributed by atoms with van der Waals surface area (Å²) < 4.78 is 13.1. The minimum Gasteiger partial charge on any atom is -0.363 e. The number of aldehydes is 1. The predicted molar refractivity (Wildman–Crippen MR) is 139 cm³/mol. The largest absolute Gasteiger partial charge is 0.363 e. The Morgan fingerprint density at radius 3 is 2.24 bits per heavy atom. The van der Waals surface area contributed by atoms with Crippen molar-refractivity contribution in [1.82, 2.24) is 14.7 Å². The number of halogens is 1. The lowest BCUT2D eigenvalue weighted by Gasteiger charge is -2.28. The smallest absolute Gasteiger partial charge is 0.213 e. The summed E-state index contributed by atoms with van der Waals surface area (Å²) in [5.41, 5.74) is 5.47. The van der Waals surface area contributed by atoms with Gasteiger partial charge in [-0.05, 0) is 55.8 Å². The highest BCUT2D eigenvalue weighted by Crippen LogP contribution is 2.26. The molecule has 2 rings (SSSR count). The zero-order valence-corrected chi connectivity index (χ0v) is 20.8. The van der Waals surface area contributed by atoms with E-state index in [9.17, 15) is 14.0 Å². The number of benzene rings is 2. The van der Waals surface area contributed by atoms with Gasteiger partial charge in [-0.25, -0.2) is 4.39 Å². The Morgan fingerprint density at radius 2 is 1.68 bits per heavy atom. The molecule has 34 heavy (non-hydrogen) atoms. The second-order valence-electron chi connectivity index (χ2n) is 7.84. The summed E-state index contributed by atoms with van der Waals surface area (Å²) in [5, 5.41) is 0. The molecule has 0 aliphatic rings. The van der Waals surface area contributed by atoms with E-state index in [1.165, 1.54) is 12.1 Å². The molecule has 0 aromatic heterocycles. The maximum Gasteiger partial charge on any atom is 0.213 e. The monoisotopic (exact) mass is 465 g/mol. The molecule has 5 nitrogen and oxygen atoms in total. The molecule has 0 aliphatic heterocycles. The van der Waals surface area contributed by atoms with Gasteiger partial charge in [-0.1, -0.05) is 36.9 Å². The molecule has 2 aromatic rings. The van der Waals surface area contributed by atoms with Gasteiger partial charge in [0, 0.05) is 43.6 Å². The molecule has 0 aliphatic carbocycles. The average Bonchev–Trinajstić information content (AvgIpc) is 2.85. The molecule has 2 aromatic carbocycles. The molecular weight excluding hydrogens is 429 g/mol. The summed E-state index contributed by atoms with van der Waals surface area (Å²) in [4.78, 5) is 28.2. The van der Waals surface area contributed by atoms with Crippen LogP contribution in [0.1, 0.15) is 29.2 Å². The Labute approximate surface area is 203 Å². The molecule has 0 fully saturated rings. The van der Waals surface area contributed by atoms with E-state index in [1.54, 1.807) is 24.1 Å². The highest BCUT2D eigenvalue weighted by Gasteiger charge is 2.15. The van der Waals surface area contributed by atoms with Crippen LogP contribution in [0.3, 0.4) is 0 Å². The van der Waals surface area contributed by atoms with Crippen LogP contribution in [0.4, 0.5) is 4.39 Å². The molecule has 0 bridgehead atoms. The Hall–Kier alpha value is -3.51. The zero-order valence-electron chi connectivity index (χ0n) is 20.8. The van der Waals surface area contributed by atoms with E-state index in [1.807, 2.05) is 50.1 Å². The van der Waals surface area contributed by atoms with Crippen LogP contribution in [0.25, 0.3) is 11.4 Å². The third kappa shape index (κ3) is 8.12. The van der Waals surface area contributed by atoms with Crippen molar-refractivity contribution >= 4 is 24.1 Å². The second-order valence-corrected chi connectivity index (χ2v) is 7.84. The minimum atomic E-state index is -0.247. The summed E-state index contributed by atoms with van der Waals surface area (Å²) in [6, 6.07) is 12.5. The lowest BCUT2D eigenvalue weighted by Crippen LogP contribution is -2.33. The Kier molecular flexibility index (Phi) is 12.2. The second kappa shape index (κ2) is 14.6. The predicted octanol–water partition coefficient (Wildman–Crippen LogP) is 4.99. The summed E-state index contributed by atoms with van der Waals surface area (Å²) >= 11 is 0. The van der Waals surface area contributed by atoms with Gasteiger partial charge >= 0.3 is 0 Å². The molecule has 0 radical (unpaired) electrons. The van der Waals surface area contributed by atoms with Gasteiger partial charge in [-0.3, -0.25) is 4.79 Å². The first-order valence-corrected chi connectivity index (χ1v) is 11.1. The Balaban J connectivity index is 0.00000281. The van der Waals surface area contributed by atoms with Crippen LogP contribution >= 0.6 is 0 Å². The van der Waals surface area contributed by atoms with Crippen molar-refractivity contribution in [2.24, 2.45) is 0 Å². The molecule has 1 amide bonds. The van der Waals surface area contributed by atoms with Crippen LogP contribution in [0.5, 0.6) is 0 Å². The van der Waals surface area contributed by atoms with Crippen LogP contribution in [0.15, 0.2) is 68.3 Å². The number of hydrogen-bond donors (Lipinski definition) is 0. The third-order valence-corrected chi connectivity index (χ3v) is 5.45. The van der Waals surface area contributed by atoms with Gasteiger partial charge in [-0.2, -0.15) is 0 Å². The number of nitrogens with zero attached hydrogens (tertiary/aromatic N) is 3. The number of rotatable bonds is 12. The standard InChI is InChI=1S/C26H32FN3O2.C2H4/c1-6-26(29(5)19-32)25-17-23(10-7-20(25)2)21(3)30(15-16-31)14-13-28(4)18-22-8-11-24(27)12-9-22;1-2/h6-12,16-17,19H,3,13-15,18H2,1-2,4-5H3;1-2H2/b26-6+;. The molecule has 0 heterocycles. The summed E-state index contributed by atoms with van der Waals surface area (Å²) in [5.74, 6) is -0.247. The van der Waals surface area contributed by atoms with Crippen molar-refractivity contribution in [3.05, 3.63) is 96.3 Å². The van der Waals surface area contributed by atoms with E-state index < -0.39 is 0 Å². The van der Waals surface area contributed by atoms with Crippen LogP contribution < -0.4 is 0 Å². The van der Waals surface area contributed by atoms with Crippen molar-refractivity contribution < 1.29 is 14.0 Å². The fourth-order valence-corrected chi connectivity index (χ4v) is 3.56. The minimum absolute atomic E-state index is 0.233. The molecule has 0 saturated carbocycles. The topological polar surface area (TPSA) is 43.9 Å². The SMILES string of the molecule is C=C.C=C(c1ccc(C)c(/C(=C\C)N(C)C=O)c1)N(CC=O)CCN(C)Cc1ccc(F)cc1. The number of hydrogen-bond acceptors (Lipinski definition) is 4. The van der Waals surface area contributed by atoms with Gasteiger partial charge in [0.2, 0.25) is 6.41 Å². The van der Waals surface area contributed by atoms with E-state index in [0.29, 0.717) is 19.6 Å². The van der Waals surface area contributed by atoms with Gasteiger partial charge in [0.15, 0.2) is 0 Å². The quantitative estimate of drug-likeness (QED) is 0.327. The van der Waals surface area contributed by atoms with E-state index in [0.717, 1.165) is 46.3 Å². The van der Waals surface area contributed by atoms with Crippen LogP contribution in [0, 0.1) is 12.7 Å². The molecular formula is C28H36FN3O2. The van der Waals surface area contributed by atoms with Gasteiger partial charge < -0.3 is 19.5 Å². The summed E-state index contributed by atoms with van der Waals surface area (Å²) in [6.07, 6.45) is 3.56. The fraction of sp³-hybridized carbons (Fsp3) is 0.286. The first kappa shape index (κ1) is 28.5. The normalized spacial score (nSPS) is 10.8. The Bertz CT molecular complexity index is 986. The highest BCUT2D eigenvalue weighted by atomic mass is 19.1. The third-order valence-electron chi connectivity index (χ3n) is 5.45. The van der Waals surface area contributed by atoms with Crippen molar-refractivity contribution in [3.63, 3.8) is 0 Å². The van der Waals surface area contributed by atoms with Crippen LogP contribution in [-0.4, -0.2) is 61.1 Å². The zero-order chi connectivity index (χ0) is 25.7. The highest BCUT2D eigenvalue weighted by molar-refractivity contribution is 5.78. The summed E-state index contributed by atoms with van der Waals surface area (Å²) in [6.45, 7) is 16.4. The number of amides is 1. The van der Waals surface area contributed by atoms with Crippen LogP contribution in [0.2, 0.25) is 0 Å². The van der Waals surface area contributed by atoms with E-state index >= 15 is 0 Å². The summed E-state index contributed by atoms with van der Waals surface area (Å²) in [7, 11) is 3.71. The van der Waals surface area contributed by atoms with E-state index in [-0.39, 0.29) is 12.4 Å². The first-order chi connectivity index (χ1) is 16.3. The van der Waals surface area contributed by atoms with Gasteiger partial charge in [0.25, 0.3) is 0 Å². The molecule has 0 saturated heterocycles. The number of carbonyl (C=O) groups is 2. The van der Waals surface area contributed by atoms with Crippen molar-refractivity contribution in [2.75, 3.05) is 33.7 Å². The molecule has 0 spiro atoms. The lowest BCUT2D eigenvalue weighted by molar-refractivity contribution is -0.114. The van der Waals surface area contributed by atoms with Crippen LogP contribution in [-0.2, 0) is 16.1 Å². The van der Waals surface area contributed by atoms with Crippen molar-refractivity contribution in [3.8, 4) is 0 Å². The number of aryl methyl sites for hydroxylation is 1. The Morgan fingerprint density at radius 1 is 1.03 bits per heavy atom. The fourth-order valence-electron chi connectivity index (χ4n) is 3.56. The lowest BCUT2D eigenvalue weighted by atomic mass is 9.99. The molecule has 6 heteroatoms. The molecule has 0 atom stereocenters.